The van der Waals surface area contributed by atoms with Crippen molar-refractivity contribution in [3.05, 3.63) is 0 Å². The highest BCUT2D eigenvalue weighted by molar-refractivity contribution is 4.89. The van der Waals surface area contributed by atoms with Crippen LogP contribution in [0.5, 0.6) is 0 Å². The number of nitrogens with one attached hydrogen (secondary N) is 1. The van der Waals surface area contributed by atoms with Gasteiger partial charge in [0, 0.05) is 31.3 Å². The summed E-state index contributed by atoms with van der Waals surface area (Å²) >= 11 is 0. The Bertz CT molecular complexity index is 206. The SMILES string of the molecule is CCC(NC1CC(C)N(C)C1)C1CCCO1. The average molecular weight is 226 g/mol. The molecule has 3 heteroatoms. The molecule has 2 rings (SSSR count). The van der Waals surface area contributed by atoms with Crippen LogP contribution in [0.25, 0.3) is 0 Å². The topological polar surface area (TPSA) is 24.5 Å². The molecule has 0 radical (unpaired) electrons. The normalized spacial score (nSPS) is 38.1. The predicted octanol–water partition coefficient (Wildman–Crippen LogP) is 1.63. The zero-order chi connectivity index (χ0) is 11.5. The van der Waals surface area contributed by atoms with E-state index >= 15 is 0 Å². The molecule has 0 amide bonds. The lowest BCUT2D eigenvalue weighted by Crippen LogP contribution is -2.45. The lowest BCUT2D eigenvalue weighted by Gasteiger charge is -2.26. The fraction of sp³-hybridized carbons (Fsp3) is 1.00. The lowest BCUT2D eigenvalue weighted by molar-refractivity contribution is 0.0731. The summed E-state index contributed by atoms with van der Waals surface area (Å²) in [6.45, 7) is 6.73. The van der Waals surface area contributed by atoms with Crippen molar-refractivity contribution in [2.45, 2.75) is 63.8 Å². The van der Waals surface area contributed by atoms with Gasteiger partial charge in [0.05, 0.1) is 6.10 Å². The number of hydrogen-bond donors (Lipinski definition) is 1. The predicted molar refractivity (Wildman–Crippen MR) is 66.7 cm³/mol. The van der Waals surface area contributed by atoms with E-state index in [0.717, 1.165) is 12.6 Å². The number of likely N-dealkylation sites (tertiary alicyclic amines) is 1. The summed E-state index contributed by atoms with van der Waals surface area (Å²) in [5.41, 5.74) is 0. The van der Waals surface area contributed by atoms with Crippen LogP contribution in [0.15, 0.2) is 0 Å². The molecular formula is C13H26N2O. The van der Waals surface area contributed by atoms with Crippen molar-refractivity contribution >= 4 is 0 Å². The molecule has 0 bridgehead atoms. The first-order valence-corrected chi connectivity index (χ1v) is 6.78. The van der Waals surface area contributed by atoms with Crippen LogP contribution < -0.4 is 5.32 Å². The minimum absolute atomic E-state index is 0.464. The van der Waals surface area contributed by atoms with E-state index in [2.05, 4.69) is 31.1 Å². The maximum atomic E-state index is 5.79. The maximum Gasteiger partial charge on any atom is 0.0728 e. The monoisotopic (exact) mass is 226 g/mol. The minimum Gasteiger partial charge on any atom is -0.377 e. The first-order valence-electron chi connectivity index (χ1n) is 6.78. The second kappa shape index (κ2) is 5.48. The van der Waals surface area contributed by atoms with Gasteiger partial charge in [-0.3, -0.25) is 0 Å². The summed E-state index contributed by atoms with van der Waals surface area (Å²) in [6.07, 6.45) is 5.40. The van der Waals surface area contributed by atoms with Gasteiger partial charge in [-0.1, -0.05) is 6.92 Å². The third-order valence-electron chi connectivity index (χ3n) is 4.19. The Labute approximate surface area is 99.5 Å². The van der Waals surface area contributed by atoms with Crippen molar-refractivity contribution in [1.82, 2.24) is 10.2 Å². The van der Waals surface area contributed by atoms with Gasteiger partial charge >= 0.3 is 0 Å². The van der Waals surface area contributed by atoms with E-state index in [1.807, 2.05) is 0 Å². The van der Waals surface area contributed by atoms with Gasteiger partial charge in [0.1, 0.15) is 0 Å². The maximum absolute atomic E-state index is 5.79. The molecule has 0 aromatic heterocycles. The summed E-state index contributed by atoms with van der Waals surface area (Å²) in [7, 11) is 2.22. The van der Waals surface area contributed by atoms with Gasteiger partial charge in [0.15, 0.2) is 0 Å². The number of likely N-dealkylation sites (N-methyl/N-ethyl adjacent to an activating group) is 1. The second-order valence-electron chi connectivity index (χ2n) is 5.45. The number of rotatable bonds is 4. The van der Waals surface area contributed by atoms with Crippen LogP contribution in [-0.4, -0.2) is 49.3 Å². The molecule has 94 valence electrons. The molecule has 2 heterocycles. The highest BCUT2D eigenvalue weighted by Crippen LogP contribution is 2.21. The van der Waals surface area contributed by atoms with Crippen molar-refractivity contribution in [2.75, 3.05) is 20.2 Å². The van der Waals surface area contributed by atoms with Gasteiger partial charge in [-0.2, -0.15) is 0 Å². The molecule has 4 unspecified atom stereocenters. The first-order chi connectivity index (χ1) is 7.70. The molecule has 0 saturated carbocycles. The molecule has 2 fully saturated rings. The van der Waals surface area contributed by atoms with Crippen LogP contribution in [0.2, 0.25) is 0 Å². The van der Waals surface area contributed by atoms with E-state index in [1.165, 1.54) is 32.2 Å². The van der Waals surface area contributed by atoms with Gasteiger partial charge in [-0.05, 0) is 39.7 Å². The van der Waals surface area contributed by atoms with E-state index in [-0.39, 0.29) is 0 Å². The summed E-state index contributed by atoms with van der Waals surface area (Å²) < 4.78 is 5.79. The van der Waals surface area contributed by atoms with Gasteiger partial charge < -0.3 is 15.0 Å². The van der Waals surface area contributed by atoms with Crippen molar-refractivity contribution in [1.29, 1.82) is 0 Å². The quantitative estimate of drug-likeness (QED) is 0.788. The number of hydrogen-bond acceptors (Lipinski definition) is 3. The molecule has 4 atom stereocenters. The first kappa shape index (κ1) is 12.3. The van der Waals surface area contributed by atoms with Gasteiger partial charge in [0.2, 0.25) is 0 Å². The van der Waals surface area contributed by atoms with Crippen LogP contribution in [0, 0.1) is 0 Å². The van der Waals surface area contributed by atoms with Crippen molar-refractivity contribution in [3.63, 3.8) is 0 Å². The van der Waals surface area contributed by atoms with Crippen molar-refractivity contribution in [3.8, 4) is 0 Å². The molecule has 0 aliphatic carbocycles. The highest BCUT2D eigenvalue weighted by Gasteiger charge is 2.31. The van der Waals surface area contributed by atoms with E-state index < -0.39 is 0 Å². The molecule has 3 nitrogen and oxygen atoms in total. The molecule has 0 spiro atoms. The summed E-state index contributed by atoms with van der Waals surface area (Å²) in [5.74, 6) is 0. The van der Waals surface area contributed by atoms with Crippen molar-refractivity contribution < 1.29 is 4.74 Å². The Morgan fingerprint density at radius 2 is 2.31 bits per heavy atom. The van der Waals surface area contributed by atoms with Gasteiger partial charge in [-0.15, -0.1) is 0 Å². The van der Waals surface area contributed by atoms with E-state index in [1.54, 1.807) is 0 Å². The smallest absolute Gasteiger partial charge is 0.0728 e. The third kappa shape index (κ3) is 2.76. The standard InChI is InChI=1S/C13H26N2O/c1-4-12(13-6-5-7-16-13)14-11-8-10(2)15(3)9-11/h10-14H,4-9H2,1-3H3. The van der Waals surface area contributed by atoms with Crippen LogP contribution in [-0.2, 0) is 4.74 Å². The lowest BCUT2D eigenvalue weighted by atomic mass is 10.0. The Morgan fingerprint density at radius 1 is 1.50 bits per heavy atom. The van der Waals surface area contributed by atoms with Crippen molar-refractivity contribution in [2.24, 2.45) is 0 Å². The molecule has 1 N–H and O–H groups in total. The summed E-state index contributed by atoms with van der Waals surface area (Å²) in [6, 6.07) is 1.94. The number of nitrogens with zero attached hydrogens (tertiary/aromatic N) is 1. The van der Waals surface area contributed by atoms with E-state index in [9.17, 15) is 0 Å². The third-order valence-corrected chi connectivity index (χ3v) is 4.19. The van der Waals surface area contributed by atoms with Crippen LogP contribution in [0.1, 0.15) is 39.5 Å². The van der Waals surface area contributed by atoms with Crippen LogP contribution in [0.3, 0.4) is 0 Å². The molecule has 2 aliphatic heterocycles. The second-order valence-corrected chi connectivity index (χ2v) is 5.45. The van der Waals surface area contributed by atoms with Gasteiger partial charge in [0.25, 0.3) is 0 Å². The zero-order valence-corrected chi connectivity index (χ0v) is 10.9. The highest BCUT2D eigenvalue weighted by atomic mass is 16.5. The van der Waals surface area contributed by atoms with Gasteiger partial charge in [-0.25, -0.2) is 0 Å². The van der Waals surface area contributed by atoms with Crippen LogP contribution in [0.4, 0.5) is 0 Å². The Balaban J connectivity index is 1.82. The average Bonchev–Trinajstić information content (AvgIpc) is 2.86. The molecule has 2 aliphatic rings. The zero-order valence-electron chi connectivity index (χ0n) is 10.9. The van der Waals surface area contributed by atoms with E-state index in [0.29, 0.717) is 18.2 Å². The largest absolute Gasteiger partial charge is 0.377 e. The Morgan fingerprint density at radius 3 is 2.81 bits per heavy atom. The Hall–Kier alpha value is -0.120. The molecule has 0 aromatic carbocycles. The van der Waals surface area contributed by atoms with Crippen LogP contribution >= 0.6 is 0 Å². The number of ether oxygens (including phenoxy) is 1. The minimum atomic E-state index is 0.464. The van der Waals surface area contributed by atoms with E-state index in [4.69, 9.17) is 4.74 Å². The Kier molecular flexibility index (Phi) is 4.22. The molecule has 16 heavy (non-hydrogen) atoms. The molecule has 0 aromatic rings. The summed E-state index contributed by atoms with van der Waals surface area (Å²) in [5, 5.41) is 3.80. The molecule has 2 saturated heterocycles. The fourth-order valence-electron chi connectivity index (χ4n) is 3.03. The summed E-state index contributed by atoms with van der Waals surface area (Å²) in [4.78, 5) is 2.44. The fourth-order valence-corrected chi connectivity index (χ4v) is 3.03. The molecular weight excluding hydrogens is 200 g/mol.